The van der Waals surface area contributed by atoms with Crippen molar-refractivity contribution in [3.8, 4) is 5.75 Å². The van der Waals surface area contributed by atoms with Crippen molar-refractivity contribution in [1.29, 1.82) is 0 Å². The number of amides is 1. The zero-order chi connectivity index (χ0) is 15.2. The smallest absolute Gasteiger partial charge is 0.251 e. The van der Waals surface area contributed by atoms with Gasteiger partial charge in [0.05, 0.1) is 12.6 Å². The fraction of sp³-hybridized carbons (Fsp3) is 0.278. The first-order valence-electron chi connectivity index (χ1n) is 7.21. The van der Waals surface area contributed by atoms with Gasteiger partial charge in [-0.15, -0.1) is 0 Å². The molecule has 3 heteroatoms. The molecule has 0 saturated carbocycles. The van der Waals surface area contributed by atoms with Gasteiger partial charge in [-0.1, -0.05) is 30.3 Å². The molecule has 0 aliphatic heterocycles. The standard InChI is InChI=1S/C18H21NO2/c1-4-21-17-11-10-16(12-13(17)2)18(20)19-14(3)15-8-6-5-7-9-15/h5-12,14H,4H2,1-3H3,(H,19,20). The molecule has 1 amide bonds. The minimum Gasteiger partial charge on any atom is -0.494 e. The molecule has 2 rings (SSSR count). The quantitative estimate of drug-likeness (QED) is 0.904. The number of hydrogen-bond donors (Lipinski definition) is 1. The van der Waals surface area contributed by atoms with Crippen LogP contribution in [0.25, 0.3) is 0 Å². The van der Waals surface area contributed by atoms with Gasteiger partial charge in [-0.05, 0) is 50.1 Å². The van der Waals surface area contributed by atoms with E-state index in [0.29, 0.717) is 12.2 Å². The van der Waals surface area contributed by atoms with Gasteiger partial charge in [-0.25, -0.2) is 0 Å². The highest BCUT2D eigenvalue weighted by Gasteiger charge is 2.12. The summed E-state index contributed by atoms with van der Waals surface area (Å²) in [5, 5.41) is 3.01. The minimum atomic E-state index is -0.0718. The molecule has 0 aliphatic rings. The van der Waals surface area contributed by atoms with Gasteiger partial charge in [-0.2, -0.15) is 0 Å². The summed E-state index contributed by atoms with van der Waals surface area (Å²) >= 11 is 0. The van der Waals surface area contributed by atoms with E-state index in [1.807, 2.05) is 63.2 Å². The number of carbonyl (C=O) groups excluding carboxylic acids is 1. The van der Waals surface area contributed by atoms with Crippen LogP contribution in [-0.2, 0) is 0 Å². The molecule has 21 heavy (non-hydrogen) atoms. The Hall–Kier alpha value is -2.29. The Morgan fingerprint density at radius 2 is 1.90 bits per heavy atom. The first-order valence-corrected chi connectivity index (χ1v) is 7.21. The topological polar surface area (TPSA) is 38.3 Å². The molecule has 0 bridgehead atoms. The third kappa shape index (κ3) is 3.85. The molecule has 1 atom stereocenters. The molecule has 0 aliphatic carbocycles. The predicted molar refractivity (Wildman–Crippen MR) is 84.7 cm³/mol. The lowest BCUT2D eigenvalue weighted by molar-refractivity contribution is 0.0940. The maximum Gasteiger partial charge on any atom is 0.251 e. The Morgan fingerprint density at radius 3 is 2.52 bits per heavy atom. The van der Waals surface area contributed by atoms with Crippen molar-refractivity contribution in [2.75, 3.05) is 6.61 Å². The van der Waals surface area contributed by atoms with Crippen LogP contribution in [0.2, 0.25) is 0 Å². The fourth-order valence-electron chi connectivity index (χ4n) is 2.21. The Balaban J connectivity index is 2.08. The van der Waals surface area contributed by atoms with Gasteiger partial charge >= 0.3 is 0 Å². The molecule has 2 aromatic rings. The number of ether oxygens (including phenoxy) is 1. The van der Waals surface area contributed by atoms with E-state index >= 15 is 0 Å². The second kappa shape index (κ2) is 6.93. The molecule has 1 unspecified atom stereocenters. The molecule has 1 N–H and O–H groups in total. The van der Waals surface area contributed by atoms with Gasteiger partial charge in [0.15, 0.2) is 0 Å². The first kappa shape index (κ1) is 15.1. The third-order valence-electron chi connectivity index (χ3n) is 3.38. The molecule has 0 radical (unpaired) electrons. The molecular weight excluding hydrogens is 262 g/mol. The number of nitrogens with one attached hydrogen (secondary N) is 1. The van der Waals surface area contributed by atoms with Crippen molar-refractivity contribution >= 4 is 5.91 Å². The van der Waals surface area contributed by atoms with Gasteiger partial charge < -0.3 is 10.1 Å². The van der Waals surface area contributed by atoms with E-state index in [9.17, 15) is 4.79 Å². The SMILES string of the molecule is CCOc1ccc(C(=O)NC(C)c2ccccc2)cc1C. The largest absolute Gasteiger partial charge is 0.494 e. The highest BCUT2D eigenvalue weighted by Crippen LogP contribution is 2.20. The van der Waals surface area contributed by atoms with Crippen LogP contribution >= 0.6 is 0 Å². The Labute approximate surface area is 126 Å². The number of benzene rings is 2. The lowest BCUT2D eigenvalue weighted by Gasteiger charge is -2.15. The Kier molecular flexibility index (Phi) is 4.99. The van der Waals surface area contributed by atoms with E-state index in [2.05, 4.69) is 5.32 Å². The molecule has 0 heterocycles. The molecule has 0 spiro atoms. The van der Waals surface area contributed by atoms with Crippen molar-refractivity contribution in [1.82, 2.24) is 5.32 Å². The number of rotatable bonds is 5. The summed E-state index contributed by atoms with van der Waals surface area (Å²) in [7, 11) is 0. The van der Waals surface area contributed by atoms with Gasteiger partial charge in [0.2, 0.25) is 0 Å². The Morgan fingerprint density at radius 1 is 1.19 bits per heavy atom. The normalized spacial score (nSPS) is 11.8. The van der Waals surface area contributed by atoms with Crippen LogP contribution in [0.5, 0.6) is 5.75 Å². The van der Waals surface area contributed by atoms with Crippen LogP contribution in [0.15, 0.2) is 48.5 Å². The van der Waals surface area contributed by atoms with Gasteiger partial charge in [-0.3, -0.25) is 4.79 Å². The average molecular weight is 283 g/mol. The third-order valence-corrected chi connectivity index (χ3v) is 3.38. The maximum atomic E-state index is 12.3. The van der Waals surface area contributed by atoms with E-state index in [4.69, 9.17) is 4.74 Å². The molecule has 0 fully saturated rings. The van der Waals surface area contributed by atoms with Crippen molar-refractivity contribution in [3.63, 3.8) is 0 Å². The highest BCUT2D eigenvalue weighted by molar-refractivity contribution is 5.94. The van der Waals surface area contributed by atoms with E-state index in [0.717, 1.165) is 16.9 Å². The summed E-state index contributed by atoms with van der Waals surface area (Å²) < 4.78 is 5.49. The number of hydrogen-bond acceptors (Lipinski definition) is 2. The van der Waals surface area contributed by atoms with Gasteiger partial charge in [0, 0.05) is 5.56 Å². The van der Waals surface area contributed by atoms with Crippen molar-refractivity contribution in [3.05, 3.63) is 65.2 Å². The molecule has 3 nitrogen and oxygen atoms in total. The summed E-state index contributed by atoms with van der Waals surface area (Å²) in [4.78, 5) is 12.3. The van der Waals surface area contributed by atoms with Gasteiger partial charge in [0.1, 0.15) is 5.75 Å². The van der Waals surface area contributed by atoms with Gasteiger partial charge in [0.25, 0.3) is 5.91 Å². The van der Waals surface area contributed by atoms with Crippen LogP contribution in [0.1, 0.15) is 41.4 Å². The minimum absolute atomic E-state index is 0.0226. The van der Waals surface area contributed by atoms with Crippen molar-refractivity contribution in [2.45, 2.75) is 26.8 Å². The van der Waals surface area contributed by atoms with Crippen LogP contribution in [0.4, 0.5) is 0 Å². The van der Waals surface area contributed by atoms with E-state index in [1.165, 1.54) is 0 Å². The summed E-state index contributed by atoms with van der Waals surface area (Å²) in [6, 6.07) is 15.4. The molecule has 0 aromatic heterocycles. The van der Waals surface area contributed by atoms with E-state index in [-0.39, 0.29) is 11.9 Å². The first-order chi connectivity index (χ1) is 10.1. The highest BCUT2D eigenvalue weighted by atomic mass is 16.5. The predicted octanol–water partition coefficient (Wildman–Crippen LogP) is 3.88. The second-order valence-corrected chi connectivity index (χ2v) is 5.02. The zero-order valence-electron chi connectivity index (χ0n) is 12.7. The lowest BCUT2D eigenvalue weighted by Crippen LogP contribution is -2.26. The summed E-state index contributed by atoms with van der Waals surface area (Å²) in [5.41, 5.74) is 2.71. The van der Waals surface area contributed by atoms with Crippen LogP contribution in [0.3, 0.4) is 0 Å². The Bertz CT molecular complexity index is 608. The molecule has 110 valence electrons. The fourth-order valence-corrected chi connectivity index (χ4v) is 2.21. The zero-order valence-corrected chi connectivity index (χ0v) is 12.7. The summed E-state index contributed by atoms with van der Waals surface area (Å²) in [6.45, 7) is 6.50. The maximum absolute atomic E-state index is 12.3. The van der Waals surface area contributed by atoms with Crippen LogP contribution < -0.4 is 10.1 Å². The lowest BCUT2D eigenvalue weighted by atomic mass is 10.1. The molecule has 2 aromatic carbocycles. The number of carbonyl (C=O) groups is 1. The second-order valence-electron chi connectivity index (χ2n) is 5.02. The summed E-state index contributed by atoms with van der Waals surface area (Å²) in [6.07, 6.45) is 0. The van der Waals surface area contributed by atoms with Crippen LogP contribution in [0, 0.1) is 6.92 Å². The van der Waals surface area contributed by atoms with E-state index in [1.54, 1.807) is 6.07 Å². The average Bonchev–Trinajstić information content (AvgIpc) is 2.50. The number of aryl methyl sites for hydroxylation is 1. The molecular formula is C18H21NO2. The van der Waals surface area contributed by atoms with E-state index < -0.39 is 0 Å². The van der Waals surface area contributed by atoms with Crippen LogP contribution in [-0.4, -0.2) is 12.5 Å². The van der Waals surface area contributed by atoms with Crippen molar-refractivity contribution < 1.29 is 9.53 Å². The van der Waals surface area contributed by atoms with Crippen molar-refractivity contribution in [2.24, 2.45) is 0 Å². The molecule has 0 saturated heterocycles. The monoisotopic (exact) mass is 283 g/mol. The summed E-state index contributed by atoms with van der Waals surface area (Å²) in [5.74, 6) is 0.752.